The summed E-state index contributed by atoms with van der Waals surface area (Å²) in [6, 6.07) is 9.76. The predicted octanol–water partition coefficient (Wildman–Crippen LogP) is 1.46. The minimum atomic E-state index is -0.175. The van der Waals surface area contributed by atoms with Crippen molar-refractivity contribution in [3.8, 4) is 0 Å². The van der Waals surface area contributed by atoms with Gasteiger partial charge in [0.25, 0.3) is 0 Å². The zero-order chi connectivity index (χ0) is 12.8. The summed E-state index contributed by atoms with van der Waals surface area (Å²) in [6.07, 6.45) is 1.64. The highest BCUT2D eigenvalue weighted by Gasteiger charge is 2.24. The number of amides is 1. The molecule has 98 valence electrons. The van der Waals surface area contributed by atoms with Crippen LogP contribution in [0.5, 0.6) is 0 Å². The maximum Gasteiger partial charge on any atom is 0.224 e. The highest BCUT2D eigenvalue weighted by atomic mass is 32.2. The zero-order valence-electron chi connectivity index (χ0n) is 10.3. The molecule has 2 rings (SSSR count). The van der Waals surface area contributed by atoms with Crippen LogP contribution >= 0.6 is 11.8 Å². The van der Waals surface area contributed by atoms with Crippen molar-refractivity contribution < 1.29 is 9.90 Å². The normalized spacial score (nSPS) is 20.6. The molecule has 1 heterocycles. The number of carbonyl (C=O) groups excluding carboxylic acids is 1. The van der Waals surface area contributed by atoms with Crippen LogP contribution in [0.25, 0.3) is 0 Å². The van der Waals surface area contributed by atoms with Crippen LogP contribution in [-0.2, 0) is 11.2 Å². The van der Waals surface area contributed by atoms with Gasteiger partial charge >= 0.3 is 0 Å². The SMILES string of the molecule is O=C(N[C@@H](CO)Cc1ccccc1)C1CCSC1. The maximum atomic E-state index is 12.0. The fourth-order valence-electron chi connectivity index (χ4n) is 2.12. The average molecular weight is 265 g/mol. The van der Waals surface area contributed by atoms with E-state index in [1.807, 2.05) is 42.1 Å². The Morgan fingerprint density at radius 2 is 2.22 bits per heavy atom. The molecular weight excluding hydrogens is 246 g/mol. The van der Waals surface area contributed by atoms with Crippen LogP contribution in [0.15, 0.2) is 30.3 Å². The van der Waals surface area contributed by atoms with Crippen molar-refractivity contribution in [1.82, 2.24) is 5.32 Å². The number of rotatable bonds is 5. The molecule has 1 fully saturated rings. The molecule has 0 aromatic heterocycles. The summed E-state index contributed by atoms with van der Waals surface area (Å²) in [4.78, 5) is 12.0. The minimum Gasteiger partial charge on any atom is -0.394 e. The topological polar surface area (TPSA) is 49.3 Å². The van der Waals surface area contributed by atoms with Crippen molar-refractivity contribution in [2.75, 3.05) is 18.1 Å². The molecule has 0 spiro atoms. The molecule has 1 saturated heterocycles. The molecule has 2 N–H and O–H groups in total. The Balaban J connectivity index is 1.87. The summed E-state index contributed by atoms with van der Waals surface area (Å²) < 4.78 is 0. The Labute approximate surface area is 112 Å². The third-order valence-electron chi connectivity index (χ3n) is 3.19. The third kappa shape index (κ3) is 3.75. The molecule has 1 unspecified atom stereocenters. The minimum absolute atomic E-state index is 0.0134. The van der Waals surface area contributed by atoms with E-state index in [4.69, 9.17) is 0 Å². The van der Waals surface area contributed by atoms with E-state index >= 15 is 0 Å². The fourth-order valence-corrected chi connectivity index (χ4v) is 3.34. The second kappa shape index (κ2) is 6.81. The fraction of sp³-hybridized carbons (Fsp3) is 0.500. The molecule has 4 heteroatoms. The lowest BCUT2D eigenvalue weighted by atomic mass is 10.0. The first kappa shape index (κ1) is 13.4. The highest BCUT2D eigenvalue weighted by molar-refractivity contribution is 7.99. The smallest absolute Gasteiger partial charge is 0.224 e. The van der Waals surface area contributed by atoms with Crippen molar-refractivity contribution in [1.29, 1.82) is 0 Å². The van der Waals surface area contributed by atoms with Gasteiger partial charge in [0.1, 0.15) is 0 Å². The molecule has 1 aliphatic rings. The van der Waals surface area contributed by atoms with E-state index in [2.05, 4.69) is 5.32 Å². The highest BCUT2D eigenvalue weighted by Crippen LogP contribution is 2.23. The molecule has 1 aliphatic heterocycles. The number of nitrogens with one attached hydrogen (secondary N) is 1. The van der Waals surface area contributed by atoms with E-state index in [0.717, 1.165) is 23.5 Å². The van der Waals surface area contributed by atoms with Gasteiger partial charge in [-0.3, -0.25) is 4.79 Å². The Bertz CT molecular complexity index is 377. The van der Waals surface area contributed by atoms with Gasteiger partial charge in [-0.1, -0.05) is 30.3 Å². The molecule has 0 bridgehead atoms. The summed E-state index contributed by atoms with van der Waals surface area (Å²) >= 11 is 1.83. The second-order valence-electron chi connectivity index (χ2n) is 4.64. The largest absolute Gasteiger partial charge is 0.394 e. The van der Waals surface area contributed by atoms with Gasteiger partial charge in [-0.15, -0.1) is 0 Å². The Morgan fingerprint density at radius 1 is 1.44 bits per heavy atom. The van der Waals surface area contributed by atoms with Crippen molar-refractivity contribution >= 4 is 17.7 Å². The zero-order valence-corrected chi connectivity index (χ0v) is 11.2. The molecule has 2 atom stereocenters. The molecule has 0 radical (unpaired) electrons. The number of thioether (sulfide) groups is 1. The summed E-state index contributed by atoms with van der Waals surface area (Å²) in [5.41, 5.74) is 1.14. The molecule has 18 heavy (non-hydrogen) atoms. The summed E-state index contributed by atoms with van der Waals surface area (Å²) in [7, 11) is 0. The molecule has 0 aliphatic carbocycles. The van der Waals surface area contributed by atoms with Crippen LogP contribution in [-0.4, -0.2) is 35.2 Å². The van der Waals surface area contributed by atoms with E-state index in [9.17, 15) is 9.90 Å². The van der Waals surface area contributed by atoms with Crippen molar-refractivity contribution in [2.45, 2.75) is 18.9 Å². The van der Waals surface area contributed by atoms with E-state index in [1.54, 1.807) is 0 Å². The van der Waals surface area contributed by atoms with Crippen LogP contribution < -0.4 is 5.32 Å². The molecular formula is C14H19NO2S. The van der Waals surface area contributed by atoms with Crippen LogP contribution in [0.3, 0.4) is 0 Å². The summed E-state index contributed by atoms with van der Waals surface area (Å²) in [5, 5.41) is 12.3. The second-order valence-corrected chi connectivity index (χ2v) is 5.79. The number of aliphatic hydroxyl groups is 1. The van der Waals surface area contributed by atoms with Crippen molar-refractivity contribution in [3.05, 3.63) is 35.9 Å². The van der Waals surface area contributed by atoms with Crippen LogP contribution in [0.4, 0.5) is 0 Å². The number of hydrogen-bond acceptors (Lipinski definition) is 3. The number of hydrogen-bond donors (Lipinski definition) is 2. The van der Waals surface area contributed by atoms with Crippen LogP contribution in [0.1, 0.15) is 12.0 Å². The van der Waals surface area contributed by atoms with Crippen LogP contribution in [0, 0.1) is 5.92 Å². The number of aliphatic hydroxyl groups excluding tert-OH is 1. The van der Waals surface area contributed by atoms with E-state index in [-0.39, 0.29) is 24.5 Å². The first-order valence-corrected chi connectivity index (χ1v) is 7.48. The Kier molecular flexibility index (Phi) is 5.08. The van der Waals surface area contributed by atoms with Gasteiger partial charge in [-0.2, -0.15) is 11.8 Å². The Hall–Kier alpha value is -1.00. The monoisotopic (exact) mass is 265 g/mol. The average Bonchev–Trinajstić information content (AvgIpc) is 2.93. The maximum absolute atomic E-state index is 12.0. The van der Waals surface area contributed by atoms with Gasteiger partial charge in [0.05, 0.1) is 12.6 Å². The van der Waals surface area contributed by atoms with Crippen molar-refractivity contribution in [3.63, 3.8) is 0 Å². The lowest BCUT2D eigenvalue weighted by Crippen LogP contribution is -2.42. The lowest BCUT2D eigenvalue weighted by Gasteiger charge is -2.18. The molecule has 1 aromatic rings. The number of carbonyl (C=O) groups is 1. The van der Waals surface area contributed by atoms with Gasteiger partial charge in [-0.05, 0) is 24.2 Å². The quantitative estimate of drug-likeness (QED) is 0.847. The predicted molar refractivity (Wildman–Crippen MR) is 74.6 cm³/mol. The third-order valence-corrected chi connectivity index (χ3v) is 4.35. The van der Waals surface area contributed by atoms with Gasteiger partial charge in [0, 0.05) is 11.7 Å². The molecule has 1 amide bonds. The molecule has 3 nitrogen and oxygen atoms in total. The van der Waals surface area contributed by atoms with Gasteiger partial charge in [0.15, 0.2) is 0 Å². The number of benzene rings is 1. The summed E-state index contributed by atoms with van der Waals surface area (Å²) in [6.45, 7) is -0.0134. The molecule has 1 aromatic carbocycles. The first-order valence-electron chi connectivity index (χ1n) is 6.32. The van der Waals surface area contributed by atoms with E-state index in [1.165, 1.54) is 0 Å². The van der Waals surface area contributed by atoms with E-state index in [0.29, 0.717) is 6.42 Å². The van der Waals surface area contributed by atoms with Gasteiger partial charge in [0.2, 0.25) is 5.91 Å². The summed E-state index contributed by atoms with van der Waals surface area (Å²) in [5.74, 6) is 2.20. The van der Waals surface area contributed by atoms with Gasteiger partial charge < -0.3 is 10.4 Å². The first-order chi connectivity index (χ1) is 8.79. The standard InChI is InChI=1S/C14H19NO2S/c16-9-13(8-11-4-2-1-3-5-11)15-14(17)12-6-7-18-10-12/h1-5,12-13,16H,6-10H2,(H,15,17)/t12?,13-/m1/s1. The van der Waals surface area contributed by atoms with Crippen LogP contribution in [0.2, 0.25) is 0 Å². The molecule has 0 saturated carbocycles. The lowest BCUT2D eigenvalue weighted by molar-refractivity contribution is -0.125. The van der Waals surface area contributed by atoms with Gasteiger partial charge in [-0.25, -0.2) is 0 Å². The van der Waals surface area contributed by atoms with E-state index < -0.39 is 0 Å². The van der Waals surface area contributed by atoms with Crippen molar-refractivity contribution in [2.24, 2.45) is 5.92 Å². The Morgan fingerprint density at radius 3 is 2.83 bits per heavy atom.